The Morgan fingerprint density at radius 1 is 1.10 bits per heavy atom. The minimum Gasteiger partial charge on any atom is -0.449 e. The Hall–Kier alpha value is -2.87. The number of benzene rings is 2. The first-order chi connectivity index (χ1) is 13.7. The molecule has 3 rings (SSSR count). The van der Waals surface area contributed by atoms with Gasteiger partial charge in [-0.2, -0.15) is 0 Å². The molecule has 0 radical (unpaired) electrons. The minimum absolute atomic E-state index is 0.0552. The van der Waals surface area contributed by atoms with Crippen LogP contribution in [0.5, 0.6) is 0 Å². The lowest BCUT2D eigenvalue weighted by atomic mass is 10.1. The summed E-state index contributed by atoms with van der Waals surface area (Å²) in [7, 11) is -3.89. The third kappa shape index (κ3) is 5.35. The van der Waals surface area contributed by atoms with Gasteiger partial charge in [0.2, 0.25) is 0 Å². The molecular formula is C21H24N2O5S. The summed E-state index contributed by atoms with van der Waals surface area (Å²) in [6.45, 7) is 5.22. The van der Waals surface area contributed by atoms with Gasteiger partial charge in [-0.3, -0.25) is 9.52 Å². The van der Waals surface area contributed by atoms with Crippen LogP contribution >= 0.6 is 0 Å². The third-order valence-electron chi connectivity index (χ3n) is 4.58. The zero-order valence-electron chi connectivity index (χ0n) is 16.6. The maximum atomic E-state index is 12.7. The summed E-state index contributed by atoms with van der Waals surface area (Å²) in [5.74, 6) is -1.12. The van der Waals surface area contributed by atoms with Crippen LogP contribution in [0.25, 0.3) is 0 Å². The van der Waals surface area contributed by atoms with Crippen molar-refractivity contribution in [2.75, 3.05) is 4.72 Å². The third-order valence-corrected chi connectivity index (χ3v) is 5.95. The number of hydrogen-bond donors (Lipinski definition) is 2. The van der Waals surface area contributed by atoms with E-state index in [0.717, 1.165) is 24.0 Å². The predicted octanol–water partition coefficient (Wildman–Crippen LogP) is 2.93. The van der Waals surface area contributed by atoms with E-state index in [1.165, 1.54) is 31.2 Å². The smallest absolute Gasteiger partial charge is 0.338 e. The topological polar surface area (TPSA) is 102 Å². The van der Waals surface area contributed by atoms with E-state index in [2.05, 4.69) is 10.0 Å². The molecule has 0 saturated heterocycles. The van der Waals surface area contributed by atoms with Crippen LogP contribution in [0, 0.1) is 13.8 Å². The van der Waals surface area contributed by atoms with Crippen molar-refractivity contribution in [2.24, 2.45) is 0 Å². The van der Waals surface area contributed by atoms with Gasteiger partial charge in [-0.15, -0.1) is 0 Å². The summed E-state index contributed by atoms with van der Waals surface area (Å²) < 4.78 is 33.2. The van der Waals surface area contributed by atoms with Crippen molar-refractivity contribution in [1.29, 1.82) is 0 Å². The molecule has 1 saturated carbocycles. The number of esters is 1. The van der Waals surface area contributed by atoms with Gasteiger partial charge in [0, 0.05) is 6.04 Å². The molecule has 2 N–H and O–H groups in total. The Balaban J connectivity index is 1.73. The Morgan fingerprint density at radius 3 is 2.48 bits per heavy atom. The molecule has 29 heavy (non-hydrogen) atoms. The van der Waals surface area contributed by atoms with Crippen molar-refractivity contribution in [2.45, 2.75) is 50.7 Å². The molecule has 2 aromatic carbocycles. The first-order valence-electron chi connectivity index (χ1n) is 9.37. The van der Waals surface area contributed by atoms with E-state index in [9.17, 15) is 18.0 Å². The van der Waals surface area contributed by atoms with E-state index in [-0.39, 0.29) is 22.4 Å². The van der Waals surface area contributed by atoms with Gasteiger partial charge in [-0.25, -0.2) is 13.2 Å². The van der Waals surface area contributed by atoms with Gasteiger partial charge in [0.15, 0.2) is 6.10 Å². The fourth-order valence-corrected chi connectivity index (χ4v) is 3.93. The Labute approximate surface area is 170 Å². The highest BCUT2D eigenvalue weighted by molar-refractivity contribution is 7.92. The molecule has 1 aliphatic rings. The number of anilines is 1. The first-order valence-corrected chi connectivity index (χ1v) is 10.9. The number of carbonyl (C=O) groups is 2. The molecule has 0 aliphatic heterocycles. The van der Waals surface area contributed by atoms with Crippen LogP contribution in [0.15, 0.2) is 47.4 Å². The Morgan fingerprint density at radius 2 is 1.83 bits per heavy atom. The number of sulfonamides is 1. The molecule has 1 fully saturated rings. The number of ether oxygens (including phenoxy) is 1. The number of rotatable bonds is 7. The molecule has 0 heterocycles. The quantitative estimate of drug-likeness (QED) is 0.676. The van der Waals surface area contributed by atoms with E-state index >= 15 is 0 Å². The molecule has 8 heteroatoms. The van der Waals surface area contributed by atoms with Crippen molar-refractivity contribution in [3.05, 3.63) is 59.2 Å². The Bertz CT molecular complexity index is 1040. The van der Waals surface area contributed by atoms with Crippen LogP contribution in [0.3, 0.4) is 0 Å². The molecule has 2 aromatic rings. The molecule has 7 nitrogen and oxygen atoms in total. The fraction of sp³-hybridized carbons (Fsp3) is 0.333. The highest BCUT2D eigenvalue weighted by Gasteiger charge is 2.27. The summed E-state index contributed by atoms with van der Waals surface area (Å²) in [6, 6.07) is 11.1. The van der Waals surface area contributed by atoms with Crippen molar-refractivity contribution in [1.82, 2.24) is 5.32 Å². The van der Waals surface area contributed by atoms with Crippen LogP contribution < -0.4 is 10.0 Å². The van der Waals surface area contributed by atoms with E-state index in [1.807, 2.05) is 26.0 Å². The second kappa shape index (κ2) is 8.24. The SMILES string of the molecule is Cc1ccc(NS(=O)(=O)c2cccc(C(=O)O[C@@H](C)C(=O)NC3CC3)c2)c(C)c1. The first kappa shape index (κ1) is 20.9. The zero-order valence-corrected chi connectivity index (χ0v) is 17.4. The van der Waals surface area contributed by atoms with E-state index in [0.29, 0.717) is 5.69 Å². The lowest BCUT2D eigenvalue weighted by Crippen LogP contribution is -2.37. The summed E-state index contributed by atoms with van der Waals surface area (Å²) in [5, 5.41) is 2.76. The normalized spacial score (nSPS) is 14.7. The number of nitrogens with one attached hydrogen (secondary N) is 2. The number of aryl methyl sites for hydroxylation is 2. The predicted molar refractivity (Wildman–Crippen MR) is 109 cm³/mol. The number of amides is 1. The Kier molecular flexibility index (Phi) is 5.93. The largest absolute Gasteiger partial charge is 0.449 e. The maximum absolute atomic E-state index is 12.7. The highest BCUT2D eigenvalue weighted by Crippen LogP contribution is 2.22. The fourth-order valence-electron chi connectivity index (χ4n) is 2.75. The lowest BCUT2D eigenvalue weighted by molar-refractivity contribution is -0.129. The molecule has 0 spiro atoms. The molecule has 0 unspecified atom stereocenters. The summed E-state index contributed by atoms with van der Waals surface area (Å²) in [6.07, 6.45) is 0.899. The summed E-state index contributed by atoms with van der Waals surface area (Å²) in [4.78, 5) is 24.3. The average molecular weight is 416 g/mol. The van der Waals surface area contributed by atoms with Crippen LogP contribution in [-0.2, 0) is 19.6 Å². The molecule has 0 bridgehead atoms. The zero-order chi connectivity index (χ0) is 21.2. The van der Waals surface area contributed by atoms with Crippen LogP contribution in [0.2, 0.25) is 0 Å². The van der Waals surface area contributed by atoms with Gasteiger partial charge < -0.3 is 10.1 Å². The van der Waals surface area contributed by atoms with Crippen molar-refractivity contribution < 1.29 is 22.7 Å². The average Bonchev–Trinajstić information content (AvgIpc) is 3.48. The number of hydrogen-bond acceptors (Lipinski definition) is 5. The van der Waals surface area contributed by atoms with Crippen molar-refractivity contribution in [3.8, 4) is 0 Å². The van der Waals surface area contributed by atoms with E-state index in [1.54, 1.807) is 6.07 Å². The van der Waals surface area contributed by atoms with Gasteiger partial charge in [0.1, 0.15) is 0 Å². The molecule has 1 amide bonds. The van der Waals surface area contributed by atoms with E-state index < -0.39 is 22.1 Å². The molecule has 154 valence electrons. The van der Waals surface area contributed by atoms with Gasteiger partial charge in [-0.1, -0.05) is 23.8 Å². The van der Waals surface area contributed by atoms with Crippen LogP contribution in [0.1, 0.15) is 41.3 Å². The molecular weight excluding hydrogens is 392 g/mol. The van der Waals surface area contributed by atoms with E-state index in [4.69, 9.17) is 4.74 Å². The second-order valence-electron chi connectivity index (χ2n) is 7.28. The van der Waals surface area contributed by atoms with Crippen molar-refractivity contribution in [3.63, 3.8) is 0 Å². The molecule has 1 aliphatic carbocycles. The highest BCUT2D eigenvalue weighted by atomic mass is 32.2. The summed E-state index contributed by atoms with van der Waals surface area (Å²) >= 11 is 0. The van der Waals surface area contributed by atoms with Gasteiger partial charge >= 0.3 is 5.97 Å². The molecule has 1 atom stereocenters. The van der Waals surface area contributed by atoms with Crippen molar-refractivity contribution >= 4 is 27.6 Å². The van der Waals surface area contributed by atoms with Crippen LogP contribution in [-0.4, -0.2) is 32.4 Å². The number of carbonyl (C=O) groups excluding carboxylic acids is 2. The summed E-state index contributed by atoms with van der Waals surface area (Å²) in [5.41, 5.74) is 2.34. The standard InChI is InChI=1S/C21H24N2O5S/c1-13-7-10-19(14(2)11-13)23-29(26,27)18-6-4-5-16(12-18)21(25)28-15(3)20(24)22-17-8-9-17/h4-7,10-12,15,17,23H,8-9H2,1-3H3,(H,22,24)/t15-/m0/s1. The second-order valence-corrected chi connectivity index (χ2v) is 8.96. The van der Waals surface area contributed by atoms with Crippen LogP contribution in [0.4, 0.5) is 5.69 Å². The van der Waals surface area contributed by atoms with Gasteiger partial charge in [0.05, 0.1) is 16.1 Å². The van der Waals surface area contributed by atoms with Gasteiger partial charge in [0.25, 0.3) is 15.9 Å². The lowest BCUT2D eigenvalue weighted by Gasteiger charge is -2.14. The minimum atomic E-state index is -3.89. The maximum Gasteiger partial charge on any atom is 0.338 e. The molecule has 0 aromatic heterocycles. The van der Waals surface area contributed by atoms with Gasteiger partial charge in [-0.05, 0) is 63.4 Å². The monoisotopic (exact) mass is 416 g/mol.